The van der Waals surface area contributed by atoms with Crippen LogP contribution in [0.1, 0.15) is 52.5 Å². The molecule has 0 heterocycles. The van der Waals surface area contributed by atoms with Gasteiger partial charge >= 0.3 is 6.09 Å². The average Bonchev–Trinajstić information content (AvgIpc) is 2.45. The fourth-order valence-electron chi connectivity index (χ4n) is 1.93. The van der Waals surface area contributed by atoms with Crippen molar-refractivity contribution < 1.29 is 14.3 Å². The van der Waals surface area contributed by atoms with Gasteiger partial charge in [0.2, 0.25) is 5.91 Å². The van der Waals surface area contributed by atoms with Crippen molar-refractivity contribution in [1.29, 1.82) is 0 Å². The molecule has 0 aliphatic carbocycles. The van der Waals surface area contributed by atoms with Crippen molar-refractivity contribution in [3.8, 4) is 0 Å². The maximum Gasteiger partial charge on any atom is 0.412 e. The number of anilines is 2. The number of nitrogen functional groups attached to an aromatic ring is 1. The maximum absolute atomic E-state index is 11.8. The average molecular weight is 356 g/mol. The molecule has 0 aromatic heterocycles. The van der Waals surface area contributed by atoms with Gasteiger partial charge in [0.15, 0.2) is 0 Å². The molecule has 4 N–H and O–H groups in total. The summed E-state index contributed by atoms with van der Waals surface area (Å²) in [7, 11) is 0. The lowest BCUT2D eigenvalue weighted by molar-refractivity contribution is -0.121. The van der Waals surface area contributed by atoms with Crippen LogP contribution in [0.25, 0.3) is 0 Å². The second kappa shape index (κ2) is 8.78. The molecule has 1 rings (SSSR count). The van der Waals surface area contributed by atoms with Gasteiger partial charge in [0.1, 0.15) is 5.60 Å². The number of hydrogen-bond donors (Lipinski definition) is 3. The van der Waals surface area contributed by atoms with Gasteiger partial charge < -0.3 is 15.8 Å². The molecule has 24 heavy (non-hydrogen) atoms. The van der Waals surface area contributed by atoms with E-state index in [9.17, 15) is 9.59 Å². The summed E-state index contributed by atoms with van der Waals surface area (Å²) in [6.45, 7) is 7.61. The van der Waals surface area contributed by atoms with Crippen LogP contribution in [0.2, 0.25) is 5.02 Å². The molecule has 0 bridgehead atoms. The summed E-state index contributed by atoms with van der Waals surface area (Å²) in [6.07, 6.45) is 1.68. The third kappa shape index (κ3) is 7.08. The molecule has 0 aliphatic rings. The minimum absolute atomic E-state index is 0.0436. The Morgan fingerprint density at radius 1 is 1.29 bits per heavy atom. The van der Waals surface area contributed by atoms with Gasteiger partial charge in [-0.1, -0.05) is 24.9 Å². The smallest absolute Gasteiger partial charge is 0.412 e. The number of unbranched alkanes of at least 4 members (excludes halogenated alkanes) is 1. The maximum atomic E-state index is 11.8. The lowest BCUT2D eigenvalue weighted by Crippen LogP contribution is -2.27. The highest BCUT2D eigenvalue weighted by Crippen LogP contribution is 2.28. The number of hydrogen-bond acceptors (Lipinski definition) is 4. The van der Waals surface area contributed by atoms with Crippen molar-refractivity contribution in [3.63, 3.8) is 0 Å². The first-order valence-corrected chi connectivity index (χ1v) is 8.34. The highest BCUT2D eigenvalue weighted by Gasteiger charge is 2.17. The lowest BCUT2D eigenvalue weighted by atomic mass is 10.1. The number of halogens is 1. The van der Waals surface area contributed by atoms with Crippen molar-refractivity contribution >= 4 is 35.0 Å². The van der Waals surface area contributed by atoms with Gasteiger partial charge in [0, 0.05) is 18.7 Å². The Labute approximate surface area is 148 Å². The number of nitrogens with two attached hydrogens (primary N) is 1. The number of rotatable bonds is 6. The third-order valence-corrected chi connectivity index (χ3v) is 3.41. The van der Waals surface area contributed by atoms with Gasteiger partial charge in [-0.3, -0.25) is 10.1 Å². The molecule has 1 aromatic carbocycles. The summed E-state index contributed by atoms with van der Waals surface area (Å²) in [4.78, 5) is 23.6. The van der Waals surface area contributed by atoms with Gasteiger partial charge in [-0.25, -0.2) is 4.79 Å². The van der Waals surface area contributed by atoms with Gasteiger partial charge in [-0.2, -0.15) is 0 Å². The highest BCUT2D eigenvalue weighted by atomic mass is 35.5. The van der Waals surface area contributed by atoms with Crippen molar-refractivity contribution in [2.45, 2.75) is 59.1 Å². The van der Waals surface area contributed by atoms with Crippen LogP contribution in [0.5, 0.6) is 0 Å². The second-order valence-electron chi connectivity index (χ2n) is 6.54. The summed E-state index contributed by atoms with van der Waals surface area (Å²) >= 11 is 6.10. The number of carbonyl (C=O) groups is 2. The SMILES string of the molecule is CCCCC(=O)NCc1cc(NC(=O)OC(C)(C)C)cc(Cl)c1N. The van der Waals surface area contributed by atoms with Gasteiger partial charge in [-0.05, 0) is 44.9 Å². The molecule has 0 spiro atoms. The number of carbonyl (C=O) groups excluding carboxylic acids is 2. The highest BCUT2D eigenvalue weighted by molar-refractivity contribution is 6.33. The summed E-state index contributed by atoms with van der Waals surface area (Å²) in [6, 6.07) is 3.22. The molecular weight excluding hydrogens is 330 g/mol. The van der Waals surface area contributed by atoms with E-state index in [1.54, 1.807) is 32.9 Å². The lowest BCUT2D eigenvalue weighted by Gasteiger charge is -2.20. The zero-order chi connectivity index (χ0) is 18.3. The summed E-state index contributed by atoms with van der Waals surface area (Å²) in [5.41, 5.74) is 6.82. The van der Waals surface area contributed by atoms with Gasteiger partial charge in [0.25, 0.3) is 0 Å². The van der Waals surface area contributed by atoms with Crippen LogP contribution in [-0.2, 0) is 16.1 Å². The van der Waals surface area contributed by atoms with E-state index in [1.807, 2.05) is 6.92 Å². The fourth-order valence-corrected chi connectivity index (χ4v) is 2.17. The Morgan fingerprint density at radius 3 is 2.54 bits per heavy atom. The molecule has 0 saturated heterocycles. The Hall–Kier alpha value is -1.95. The summed E-state index contributed by atoms with van der Waals surface area (Å²) < 4.78 is 5.20. The largest absolute Gasteiger partial charge is 0.444 e. The normalized spacial score (nSPS) is 11.0. The molecule has 0 unspecified atom stereocenters. The molecule has 0 saturated carbocycles. The quantitative estimate of drug-likeness (QED) is 0.670. The third-order valence-electron chi connectivity index (χ3n) is 3.09. The molecule has 7 heteroatoms. The molecule has 6 nitrogen and oxygen atoms in total. The first kappa shape index (κ1) is 20.1. The van der Waals surface area contributed by atoms with Crippen molar-refractivity contribution in [2.75, 3.05) is 11.1 Å². The zero-order valence-corrected chi connectivity index (χ0v) is 15.4. The van der Waals surface area contributed by atoms with Crippen LogP contribution in [-0.4, -0.2) is 17.6 Å². The van der Waals surface area contributed by atoms with Gasteiger partial charge in [0.05, 0.1) is 10.7 Å². The van der Waals surface area contributed by atoms with E-state index in [4.69, 9.17) is 22.1 Å². The first-order valence-electron chi connectivity index (χ1n) is 7.97. The number of amides is 2. The van der Waals surface area contributed by atoms with E-state index < -0.39 is 11.7 Å². The van der Waals surface area contributed by atoms with E-state index in [1.165, 1.54) is 0 Å². The molecule has 134 valence electrons. The van der Waals surface area contributed by atoms with Crippen molar-refractivity contribution in [2.24, 2.45) is 0 Å². The summed E-state index contributed by atoms with van der Waals surface area (Å²) in [5, 5.41) is 5.72. The Kier molecular flexibility index (Phi) is 7.35. The standard InChI is InChI=1S/C17H26ClN3O3/c1-5-6-7-14(22)20-10-11-8-12(9-13(18)15(11)19)21-16(23)24-17(2,3)4/h8-9H,5-7,10,19H2,1-4H3,(H,20,22)(H,21,23). The number of ether oxygens (including phenoxy) is 1. The van der Waals surface area contributed by atoms with Crippen LogP contribution in [0.15, 0.2) is 12.1 Å². The van der Waals surface area contributed by atoms with Crippen LogP contribution in [0.4, 0.5) is 16.2 Å². The van der Waals surface area contributed by atoms with E-state index in [-0.39, 0.29) is 12.5 Å². The van der Waals surface area contributed by atoms with Crippen LogP contribution >= 0.6 is 11.6 Å². The van der Waals surface area contributed by atoms with E-state index in [0.29, 0.717) is 28.4 Å². The minimum Gasteiger partial charge on any atom is -0.444 e. The van der Waals surface area contributed by atoms with E-state index in [2.05, 4.69) is 10.6 Å². The first-order chi connectivity index (χ1) is 11.1. The van der Waals surface area contributed by atoms with E-state index in [0.717, 1.165) is 12.8 Å². The predicted molar refractivity (Wildman–Crippen MR) is 97.1 cm³/mol. The Morgan fingerprint density at radius 2 is 1.96 bits per heavy atom. The fraction of sp³-hybridized carbons (Fsp3) is 0.529. The van der Waals surface area contributed by atoms with Crippen LogP contribution in [0.3, 0.4) is 0 Å². The Bertz CT molecular complexity index is 597. The number of benzene rings is 1. The second-order valence-corrected chi connectivity index (χ2v) is 6.95. The molecule has 0 radical (unpaired) electrons. The molecule has 0 atom stereocenters. The van der Waals surface area contributed by atoms with Crippen LogP contribution < -0.4 is 16.4 Å². The van der Waals surface area contributed by atoms with Crippen LogP contribution in [0, 0.1) is 0 Å². The zero-order valence-electron chi connectivity index (χ0n) is 14.7. The van der Waals surface area contributed by atoms with Crippen molar-refractivity contribution in [3.05, 3.63) is 22.7 Å². The molecular formula is C17H26ClN3O3. The topological polar surface area (TPSA) is 93.5 Å². The number of nitrogens with one attached hydrogen (secondary N) is 2. The molecule has 1 aromatic rings. The van der Waals surface area contributed by atoms with Gasteiger partial charge in [-0.15, -0.1) is 0 Å². The molecule has 0 aliphatic heterocycles. The summed E-state index contributed by atoms with van der Waals surface area (Å²) in [5.74, 6) is -0.0436. The monoisotopic (exact) mass is 355 g/mol. The Balaban J connectivity index is 2.78. The molecule has 2 amide bonds. The minimum atomic E-state index is -0.599. The molecule has 0 fully saturated rings. The van der Waals surface area contributed by atoms with E-state index >= 15 is 0 Å². The predicted octanol–water partition coefficient (Wildman–Crippen LogP) is 4.08. The van der Waals surface area contributed by atoms with Crippen molar-refractivity contribution in [1.82, 2.24) is 5.32 Å².